The monoisotopic (exact) mass is 928 g/mol. The molecule has 11 aromatic rings. The van der Waals surface area contributed by atoms with Gasteiger partial charge in [-0.05, 0) is 136 Å². The van der Waals surface area contributed by atoms with Gasteiger partial charge in [-0.2, -0.15) is 0 Å². The van der Waals surface area contributed by atoms with Crippen molar-refractivity contribution in [3.8, 4) is 73.3 Å². The molecule has 0 fully saturated rings. The predicted molar refractivity (Wildman–Crippen MR) is 292 cm³/mol. The van der Waals surface area contributed by atoms with Crippen molar-refractivity contribution in [3.05, 3.63) is 229 Å². The van der Waals surface area contributed by atoms with E-state index in [2.05, 4.69) is 54.5 Å². The number of ether oxygens (including phenoxy) is 2. The Morgan fingerprint density at radius 2 is 1.24 bits per heavy atom. The molecule has 342 valence electrons. The van der Waals surface area contributed by atoms with Gasteiger partial charge in [-0.15, -0.1) is 0 Å². The number of fused-ring (bicyclic) bond motifs is 6. The fourth-order valence-electron chi connectivity index (χ4n) is 9.81. The number of pyridine rings is 1. The van der Waals surface area contributed by atoms with E-state index in [0.717, 1.165) is 33.2 Å². The fourth-order valence-corrected chi connectivity index (χ4v) is 9.81. The molecule has 0 radical (unpaired) electrons. The van der Waals surface area contributed by atoms with Crippen molar-refractivity contribution in [2.45, 2.75) is 33.0 Å². The zero-order valence-electron chi connectivity index (χ0n) is 49.1. The van der Waals surface area contributed by atoms with Crippen LogP contribution in [0.15, 0.2) is 218 Å². The molecule has 0 N–H and O–H groups in total. The summed E-state index contributed by atoms with van der Waals surface area (Å²) in [4.78, 5) is 8.97. The second kappa shape index (κ2) is 16.7. The zero-order chi connectivity index (χ0) is 56.4. The SMILES string of the molecule is [2H]c1c([2H])c2c(c(-c3c([2H])c([2H])c(-c4ccccc4)c([2H])c3[2H])c1[2H])N1CN(c3cccc(c3)Oc3ccc4c5cc(C(C)(C)C)ccc5n(c4c3)-c3ccc(cn3)-c3ccc(c(C([2H])([2H])[2H])c3)Oc3ccc-2cc3)c2ccccc21. The molecule has 2 aromatic heterocycles. The molecule has 5 aliphatic rings. The van der Waals surface area contributed by atoms with Gasteiger partial charge < -0.3 is 19.3 Å². The summed E-state index contributed by atoms with van der Waals surface area (Å²) in [5, 5.41) is 2.05. The minimum absolute atomic E-state index is 0.0234. The Kier molecular flexibility index (Phi) is 7.70. The summed E-state index contributed by atoms with van der Waals surface area (Å²) >= 11 is 0. The third-order valence-electron chi connectivity index (χ3n) is 13.4. The molecular formula is C65H50N4O2. The summed E-state index contributed by atoms with van der Waals surface area (Å²) in [7, 11) is 0. The molecule has 0 amide bonds. The van der Waals surface area contributed by atoms with Crippen LogP contribution in [0.25, 0.3) is 72.1 Å². The second-order valence-corrected chi connectivity index (χ2v) is 18.9. The van der Waals surface area contributed by atoms with Crippen molar-refractivity contribution in [2.24, 2.45) is 0 Å². The number of benzene rings is 9. The van der Waals surface area contributed by atoms with E-state index in [0.29, 0.717) is 45.3 Å². The first-order valence-corrected chi connectivity index (χ1v) is 23.5. The van der Waals surface area contributed by atoms with E-state index in [4.69, 9.17) is 18.6 Å². The topological polar surface area (TPSA) is 42.8 Å². The quantitative estimate of drug-likeness (QED) is 0.173. The Morgan fingerprint density at radius 3 is 2.01 bits per heavy atom. The normalized spacial score (nSPS) is 15.1. The number of rotatable bonds is 2. The molecular weight excluding hydrogens is 869 g/mol. The standard InChI is InChI=1S/C65H50N4O2/c1-42-36-47-26-34-62(42)71-51-29-24-46(25-30-51)55-17-11-16-54(45-22-20-44(21-23-45)43-12-6-5-7-13-43)64(55)68-41-67(59-18-8-9-19-60(59)68)50-14-10-15-52(38-50)70-53-31-32-56-57-37-49(65(2,3)4)28-33-58(57)69(61(56)39-53)63-35-27-48(47)40-66-63/h5-40H,41H2,1-4H3/i1D3,11D,16D,17D,20D,21D,22D,23D. The summed E-state index contributed by atoms with van der Waals surface area (Å²) in [6.07, 6.45) is 1.74. The van der Waals surface area contributed by atoms with Crippen molar-refractivity contribution in [1.82, 2.24) is 9.55 Å². The number of anilines is 4. The van der Waals surface area contributed by atoms with E-state index in [1.807, 2.05) is 77.7 Å². The molecule has 0 aliphatic carbocycles. The first kappa shape index (κ1) is 32.8. The Morgan fingerprint density at radius 1 is 0.521 bits per heavy atom. The average Bonchev–Trinajstić information content (AvgIpc) is 4.18. The van der Waals surface area contributed by atoms with Crippen LogP contribution >= 0.6 is 0 Å². The van der Waals surface area contributed by atoms with Crippen LogP contribution < -0.4 is 19.3 Å². The first-order chi connectivity index (χ1) is 38.8. The Labute approximate surface area is 428 Å². The highest BCUT2D eigenvalue weighted by molar-refractivity contribution is 6.10. The van der Waals surface area contributed by atoms with Gasteiger partial charge in [0, 0.05) is 55.6 Å². The van der Waals surface area contributed by atoms with Gasteiger partial charge in [0.1, 0.15) is 35.5 Å². The maximum atomic E-state index is 9.72. The fraction of sp³-hybridized carbons (Fsp3) is 0.0923. The number of aryl methyl sites for hydroxylation is 1. The van der Waals surface area contributed by atoms with Gasteiger partial charge in [-0.25, -0.2) is 4.98 Å². The van der Waals surface area contributed by atoms with Crippen LogP contribution in [-0.4, -0.2) is 16.2 Å². The molecule has 5 aliphatic heterocycles. The lowest BCUT2D eigenvalue weighted by atomic mass is 9.86. The lowest BCUT2D eigenvalue weighted by molar-refractivity contribution is 0.479. The maximum absolute atomic E-state index is 9.72. The lowest BCUT2D eigenvalue weighted by Crippen LogP contribution is -2.25. The summed E-state index contributed by atoms with van der Waals surface area (Å²) in [5.41, 5.74) is 7.42. The molecule has 0 atom stereocenters. The van der Waals surface area contributed by atoms with Gasteiger partial charge in [0.25, 0.3) is 0 Å². The molecule has 0 saturated heterocycles. The molecule has 0 spiro atoms. The van der Waals surface area contributed by atoms with Gasteiger partial charge in [0.05, 0.1) is 37.7 Å². The summed E-state index contributed by atoms with van der Waals surface area (Å²) < 4.78 is 108. The van der Waals surface area contributed by atoms with E-state index >= 15 is 0 Å². The molecule has 0 unspecified atom stereocenters. The molecule has 9 aromatic carbocycles. The van der Waals surface area contributed by atoms with Gasteiger partial charge in [-0.1, -0.05) is 136 Å². The van der Waals surface area contributed by atoms with E-state index in [9.17, 15) is 9.60 Å². The lowest BCUT2D eigenvalue weighted by Gasteiger charge is -2.27. The number of nitrogens with zero attached hydrogens (tertiary/aromatic N) is 4. The number of aromatic nitrogens is 2. The minimum atomic E-state index is -2.59. The van der Waals surface area contributed by atoms with E-state index in [-0.39, 0.29) is 75.2 Å². The number of hydrogen-bond acceptors (Lipinski definition) is 5. The summed E-state index contributed by atoms with van der Waals surface area (Å²) in [5.74, 6) is 2.15. The van der Waals surface area contributed by atoms with Crippen molar-refractivity contribution in [1.29, 1.82) is 0 Å². The smallest absolute Gasteiger partial charge is 0.137 e. The van der Waals surface area contributed by atoms with Crippen LogP contribution in [0, 0.1) is 6.85 Å². The van der Waals surface area contributed by atoms with Gasteiger partial charge in [-0.3, -0.25) is 4.57 Å². The minimum Gasteiger partial charge on any atom is -0.457 e. The summed E-state index contributed by atoms with van der Waals surface area (Å²) in [6, 6.07) is 49.5. The van der Waals surface area contributed by atoms with Crippen molar-refractivity contribution >= 4 is 44.6 Å². The van der Waals surface area contributed by atoms with Crippen molar-refractivity contribution in [2.75, 3.05) is 16.5 Å². The highest BCUT2D eigenvalue weighted by Gasteiger charge is 2.32. The zero-order valence-corrected chi connectivity index (χ0v) is 39.1. The maximum Gasteiger partial charge on any atom is 0.137 e. The van der Waals surface area contributed by atoms with Gasteiger partial charge >= 0.3 is 0 Å². The van der Waals surface area contributed by atoms with E-state index in [1.54, 1.807) is 79.0 Å². The predicted octanol–water partition coefficient (Wildman–Crippen LogP) is 17.6. The van der Waals surface area contributed by atoms with Crippen LogP contribution in [0.4, 0.5) is 22.7 Å². The Hall–Kier alpha value is -8.87. The van der Waals surface area contributed by atoms with E-state index in [1.165, 1.54) is 5.56 Å². The van der Waals surface area contributed by atoms with Crippen LogP contribution in [-0.2, 0) is 5.41 Å². The second-order valence-electron chi connectivity index (χ2n) is 18.9. The van der Waals surface area contributed by atoms with Crippen LogP contribution in [0.5, 0.6) is 23.0 Å². The molecule has 6 nitrogen and oxygen atoms in total. The third-order valence-corrected chi connectivity index (χ3v) is 13.4. The third kappa shape index (κ3) is 7.47. The van der Waals surface area contributed by atoms with Crippen molar-refractivity contribution < 1.29 is 23.2 Å². The largest absolute Gasteiger partial charge is 0.457 e. The van der Waals surface area contributed by atoms with Gasteiger partial charge in [0.2, 0.25) is 0 Å². The van der Waals surface area contributed by atoms with Crippen molar-refractivity contribution in [3.63, 3.8) is 0 Å². The molecule has 71 heavy (non-hydrogen) atoms. The number of hydrogen-bond donors (Lipinski definition) is 0. The molecule has 0 saturated carbocycles. The van der Waals surface area contributed by atoms with Crippen LogP contribution in [0.2, 0.25) is 0 Å². The Balaban J connectivity index is 1.05. The highest BCUT2D eigenvalue weighted by Crippen LogP contribution is 2.51. The van der Waals surface area contributed by atoms with E-state index < -0.39 is 31.0 Å². The van der Waals surface area contributed by atoms with Gasteiger partial charge in [0.15, 0.2) is 0 Å². The van der Waals surface area contributed by atoms with Crippen LogP contribution in [0.3, 0.4) is 0 Å². The highest BCUT2D eigenvalue weighted by atomic mass is 16.5. The molecule has 12 bridgehead atoms. The average molecular weight is 929 g/mol. The molecule has 16 rings (SSSR count). The van der Waals surface area contributed by atoms with Crippen LogP contribution in [0.1, 0.15) is 45.6 Å². The molecule has 6 heteroatoms. The first-order valence-electron chi connectivity index (χ1n) is 28.5. The Bertz CT molecular complexity index is 4360. The molecule has 7 heterocycles. The number of para-hydroxylation sites is 3. The summed E-state index contributed by atoms with van der Waals surface area (Å²) in [6.45, 7) is 4.06.